The number of ether oxygens (including phenoxy) is 3. The van der Waals surface area contributed by atoms with E-state index in [0.29, 0.717) is 0 Å². The van der Waals surface area contributed by atoms with Crippen LogP contribution in [0.15, 0.2) is 0 Å². The van der Waals surface area contributed by atoms with E-state index in [1.165, 1.54) is 0 Å². The number of esters is 3. The van der Waals surface area contributed by atoms with E-state index in [1.807, 2.05) is 13.8 Å². The summed E-state index contributed by atoms with van der Waals surface area (Å²) in [6, 6.07) is 0. The van der Waals surface area contributed by atoms with Crippen LogP contribution in [0.4, 0.5) is 171 Å². The summed E-state index contributed by atoms with van der Waals surface area (Å²) in [5.41, 5.74) is 0. The molecule has 2 atom stereocenters. The second-order valence-electron chi connectivity index (χ2n) is 15.2. The van der Waals surface area contributed by atoms with Crippen LogP contribution in [-0.2, 0) is 42.9 Å². The Morgan fingerprint density at radius 1 is 0.329 bits per heavy atom. The van der Waals surface area contributed by atoms with Crippen molar-refractivity contribution in [1.29, 1.82) is 0 Å². The molecular weight excluding hydrogens is 1310 g/mol. The third-order valence-corrected chi connectivity index (χ3v) is 11.4. The molecule has 0 spiro atoms. The van der Waals surface area contributed by atoms with Crippen LogP contribution in [0.5, 0.6) is 0 Å². The van der Waals surface area contributed by atoms with E-state index in [9.17, 15) is 194 Å². The molecule has 490 valence electrons. The zero-order chi connectivity index (χ0) is 67.2. The van der Waals surface area contributed by atoms with Crippen molar-refractivity contribution in [3.63, 3.8) is 0 Å². The minimum atomic E-state index is -8.66. The van der Waals surface area contributed by atoms with Gasteiger partial charge >= 0.3 is 125 Å². The molecule has 0 radical (unpaired) electrons. The van der Waals surface area contributed by atoms with E-state index in [1.54, 1.807) is 0 Å². The standard InChI is InChI=1S/C31H19F39O9S.C2H6/c1-76-80(74,75)11(13(73)79-7-4-16(36,37)19(42,43)22(48,49)25(54,55)28(60,61)31(68,69)70)9(12(72)78-6-3-15(34,35)18(40,41)21(46,47)24(52,53)27(58,59)30(65,66)67)8-10(71)77-5-2-14(32,33)17(38,39)20(44,45)23(50,51)26(56,57)29(62,63)64;1-2/h9,11H,2-8H2,1H3;1-2H3. The lowest BCUT2D eigenvalue weighted by Gasteiger charge is -2.39. The topological polar surface area (TPSA) is 122 Å². The van der Waals surface area contributed by atoms with Crippen molar-refractivity contribution < 1.29 is 212 Å². The molecule has 0 heterocycles. The maximum absolute atomic E-state index is 14.3. The second kappa shape index (κ2) is 23.8. The molecule has 49 heteroatoms. The molecule has 0 aromatic carbocycles. The van der Waals surface area contributed by atoms with Gasteiger partial charge in [0.15, 0.2) is 5.25 Å². The van der Waals surface area contributed by atoms with Crippen molar-refractivity contribution in [2.75, 3.05) is 26.9 Å². The molecule has 0 saturated heterocycles. The molecule has 0 aliphatic rings. The van der Waals surface area contributed by atoms with Gasteiger partial charge in [-0.3, -0.25) is 18.6 Å². The van der Waals surface area contributed by atoms with Gasteiger partial charge in [0.25, 0.3) is 10.1 Å². The molecule has 0 saturated carbocycles. The van der Waals surface area contributed by atoms with Crippen LogP contribution < -0.4 is 0 Å². The highest BCUT2D eigenvalue weighted by Crippen LogP contribution is 2.64. The summed E-state index contributed by atoms with van der Waals surface area (Å²) in [6.07, 6.45) is -38.2. The first kappa shape index (κ1) is 79.7. The fourth-order valence-electron chi connectivity index (χ4n) is 5.06. The molecule has 0 amide bonds. The lowest BCUT2D eigenvalue weighted by molar-refractivity contribution is -0.440. The first-order valence-corrected chi connectivity index (χ1v) is 21.1. The van der Waals surface area contributed by atoms with Crippen LogP contribution >= 0.6 is 0 Å². The van der Waals surface area contributed by atoms with Gasteiger partial charge in [-0.1, -0.05) is 13.8 Å². The molecule has 82 heavy (non-hydrogen) atoms. The van der Waals surface area contributed by atoms with Crippen LogP contribution in [0.1, 0.15) is 39.5 Å². The van der Waals surface area contributed by atoms with Crippen LogP contribution in [0.25, 0.3) is 0 Å². The SMILES string of the molecule is CC.COS(=O)(=O)C(C(=O)OCCC(F)(F)C(F)(F)C(F)(F)C(F)(F)C(F)(F)C(F)(F)F)C(CC(=O)OCCC(F)(F)C(F)(F)C(F)(F)C(F)(F)C(F)(F)C(F)(F)F)C(=O)OCCC(F)(F)C(F)(F)C(F)(F)C(F)(F)C(F)(F)C(F)(F)F. The largest absolute Gasteiger partial charge is 0.465 e. The molecule has 0 N–H and O–H groups in total. The van der Waals surface area contributed by atoms with Crippen molar-refractivity contribution in [2.24, 2.45) is 5.92 Å². The number of alkyl halides is 39. The Morgan fingerprint density at radius 3 is 0.756 bits per heavy atom. The van der Waals surface area contributed by atoms with Gasteiger partial charge in [-0.2, -0.15) is 180 Å². The Bertz CT molecular complexity index is 2300. The summed E-state index contributed by atoms with van der Waals surface area (Å²) in [4.78, 5) is 38.0. The molecule has 0 aliphatic heterocycles. The summed E-state index contributed by atoms with van der Waals surface area (Å²) in [5, 5.41) is -4.49. The lowest BCUT2D eigenvalue weighted by Crippen LogP contribution is -2.70. The predicted molar refractivity (Wildman–Crippen MR) is 178 cm³/mol. The van der Waals surface area contributed by atoms with Crippen molar-refractivity contribution in [3.8, 4) is 0 Å². The number of carbonyl (C=O) groups is 3. The van der Waals surface area contributed by atoms with Crippen LogP contribution in [0, 0.1) is 5.92 Å². The fraction of sp³-hybridized carbons (Fsp3) is 0.909. The van der Waals surface area contributed by atoms with Gasteiger partial charge in [0.05, 0.1) is 58.5 Å². The van der Waals surface area contributed by atoms with E-state index >= 15 is 0 Å². The quantitative estimate of drug-likeness (QED) is 0.0326. The molecular formula is C33H25F39O9S. The van der Waals surface area contributed by atoms with Crippen molar-refractivity contribution in [1.82, 2.24) is 0 Å². The van der Waals surface area contributed by atoms with Gasteiger partial charge in [-0.15, -0.1) is 0 Å². The van der Waals surface area contributed by atoms with E-state index in [2.05, 4.69) is 18.4 Å². The molecule has 0 bridgehead atoms. The average molecular weight is 1340 g/mol. The van der Waals surface area contributed by atoms with Crippen LogP contribution in [0.2, 0.25) is 0 Å². The number of hydrogen-bond donors (Lipinski definition) is 0. The van der Waals surface area contributed by atoms with E-state index in [-0.39, 0.29) is 7.11 Å². The maximum atomic E-state index is 14.3. The monoisotopic (exact) mass is 1340 g/mol. The van der Waals surface area contributed by atoms with Gasteiger partial charge in [0.2, 0.25) is 0 Å². The first-order valence-electron chi connectivity index (χ1n) is 19.6. The number of hydrogen-bond acceptors (Lipinski definition) is 9. The van der Waals surface area contributed by atoms with Crippen LogP contribution in [-0.4, -0.2) is 166 Å². The summed E-state index contributed by atoms with van der Waals surface area (Å²) < 4.78 is 564. The Hall–Kier alpha value is -4.41. The van der Waals surface area contributed by atoms with Gasteiger partial charge in [0.1, 0.15) is 0 Å². The third kappa shape index (κ3) is 13.5. The zero-order valence-corrected chi connectivity index (χ0v) is 39.2. The highest BCUT2D eigenvalue weighted by atomic mass is 32.2. The highest BCUT2D eigenvalue weighted by Gasteiger charge is 2.93. The van der Waals surface area contributed by atoms with Crippen molar-refractivity contribution in [3.05, 3.63) is 0 Å². The van der Waals surface area contributed by atoms with Gasteiger partial charge in [-0.05, 0) is 0 Å². The first-order chi connectivity index (χ1) is 35.4. The second-order valence-corrected chi connectivity index (χ2v) is 17.0. The van der Waals surface area contributed by atoms with Crippen molar-refractivity contribution >= 4 is 28.0 Å². The summed E-state index contributed by atoms with van der Waals surface area (Å²) in [7, 11) is -7.11. The predicted octanol–water partition coefficient (Wildman–Crippen LogP) is 13.4. The molecule has 0 aliphatic carbocycles. The Kier molecular flexibility index (Phi) is 23.1. The highest BCUT2D eigenvalue weighted by molar-refractivity contribution is 7.88. The molecule has 0 rings (SSSR count). The molecule has 2 unspecified atom stereocenters. The Balaban J connectivity index is 0. The summed E-state index contributed by atoms with van der Waals surface area (Å²) >= 11 is 0. The molecule has 9 nitrogen and oxygen atoms in total. The molecule has 0 aromatic heterocycles. The van der Waals surface area contributed by atoms with E-state index in [4.69, 9.17) is 0 Å². The van der Waals surface area contributed by atoms with Gasteiger partial charge < -0.3 is 14.2 Å². The minimum Gasteiger partial charge on any atom is -0.465 e. The Morgan fingerprint density at radius 2 is 0.537 bits per heavy atom. The molecule has 0 aromatic rings. The summed E-state index contributed by atoms with van der Waals surface area (Å²) in [6.45, 7) is -5.38. The van der Waals surface area contributed by atoms with Gasteiger partial charge in [-0.25, -0.2) is 0 Å². The fourth-order valence-corrected chi connectivity index (χ4v) is 6.18. The number of rotatable bonds is 28. The minimum absolute atomic E-state index is 0.378. The summed E-state index contributed by atoms with van der Waals surface area (Å²) in [5.74, 6) is -138. The Labute approximate surface area is 426 Å². The van der Waals surface area contributed by atoms with E-state index in [0.717, 1.165) is 0 Å². The smallest absolute Gasteiger partial charge is 0.460 e. The van der Waals surface area contributed by atoms with Gasteiger partial charge in [0, 0.05) is 0 Å². The maximum Gasteiger partial charge on any atom is 0.460 e. The van der Waals surface area contributed by atoms with Crippen LogP contribution in [0.3, 0.4) is 0 Å². The third-order valence-electron chi connectivity index (χ3n) is 9.83. The number of carbonyl (C=O) groups excluding carboxylic acids is 3. The normalized spacial score (nSPS) is 16.2. The zero-order valence-electron chi connectivity index (χ0n) is 38.4. The van der Waals surface area contributed by atoms with Crippen molar-refractivity contribution in [2.45, 2.75) is 152 Å². The molecule has 0 fully saturated rings. The lowest BCUT2D eigenvalue weighted by atomic mass is 9.92. The number of halogens is 39. The van der Waals surface area contributed by atoms with E-state index < -0.39 is 192 Å². The average Bonchev–Trinajstić information content (AvgIpc) is 3.27.